The van der Waals surface area contributed by atoms with Crippen molar-refractivity contribution in [2.45, 2.75) is 26.9 Å². The molecule has 1 heterocycles. The first kappa shape index (κ1) is 17.7. The van der Waals surface area contributed by atoms with E-state index in [2.05, 4.69) is 46.1 Å². The van der Waals surface area contributed by atoms with E-state index in [1.165, 1.54) is 0 Å². The van der Waals surface area contributed by atoms with Gasteiger partial charge in [0.1, 0.15) is 18.2 Å². The summed E-state index contributed by atoms with van der Waals surface area (Å²) in [7, 11) is 6.05. The lowest BCUT2D eigenvalue weighted by Crippen LogP contribution is -2.33. The van der Waals surface area contributed by atoms with Crippen molar-refractivity contribution in [3.8, 4) is 0 Å². The standard InChI is InChI=1S/C15H29N5O/c1-6-8-20(10-9-19(4)5)15-11-13(16-3)17-14(18-15)12-21-7-2/h11H,6-10,12H2,1-5H3,(H,16,17,18). The zero-order chi connectivity index (χ0) is 15.7. The smallest absolute Gasteiger partial charge is 0.158 e. The van der Waals surface area contributed by atoms with E-state index in [0.717, 1.165) is 43.5 Å². The average molecular weight is 295 g/mol. The highest BCUT2D eigenvalue weighted by atomic mass is 16.5. The molecule has 21 heavy (non-hydrogen) atoms. The first-order valence-corrected chi connectivity index (χ1v) is 7.63. The fraction of sp³-hybridized carbons (Fsp3) is 0.733. The van der Waals surface area contributed by atoms with E-state index >= 15 is 0 Å². The van der Waals surface area contributed by atoms with E-state index in [-0.39, 0.29) is 0 Å². The Balaban J connectivity index is 2.93. The Bertz CT molecular complexity index is 411. The second-order valence-corrected chi connectivity index (χ2v) is 5.21. The number of hydrogen-bond acceptors (Lipinski definition) is 6. The molecule has 1 aromatic rings. The summed E-state index contributed by atoms with van der Waals surface area (Å²) in [6.45, 7) is 8.22. The van der Waals surface area contributed by atoms with E-state index < -0.39 is 0 Å². The minimum absolute atomic E-state index is 0.451. The van der Waals surface area contributed by atoms with Crippen molar-refractivity contribution in [1.82, 2.24) is 14.9 Å². The summed E-state index contributed by atoms with van der Waals surface area (Å²) in [5.74, 6) is 2.53. The molecule has 0 atom stereocenters. The van der Waals surface area contributed by atoms with Gasteiger partial charge in [0, 0.05) is 39.4 Å². The van der Waals surface area contributed by atoms with Crippen LogP contribution in [0, 0.1) is 0 Å². The Morgan fingerprint density at radius 3 is 2.48 bits per heavy atom. The van der Waals surface area contributed by atoms with Gasteiger partial charge in [-0.25, -0.2) is 9.97 Å². The molecule has 0 bridgehead atoms. The molecular formula is C15H29N5O. The molecule has 0 saturated carbocycles. The number of aromatic nitrogens is 2. The first-order valence-electron chi connectivity index (χ1n) is 7.63. The Kier molecular flexibility index (Phi) is 8.00. The first-order chi connectivity index (χ1) is 10.1. The van der Waals surface area contributed by atoms with Crippen LogP contribution in [0.15, 0.2) is 6.07 Å². The summed E-state index contributed by atoms with van der Waals surface area (Å²) < 4.78 is 5.43. The van der Waals surface area contributed by atoms with Crippen molar-refractivity contribution in [1.29, 1.82) is 0 Å². The molecule has 0 spiro atoms. The molecule has 0 fully saturated rings. The van der Waals surface area contributed by atoms with E-state index in [0.29, 0.717) is 13.2 Å². The third-order valence-corrected chi connectivity index (χ3v) is 3.09. The zero-order valence-corrected chi connectivity index (χ0v) is 14.0. The van der Waals surface area contributed by atoms with Crippen molar-refractivity contribution in [2.24, 2.45) is 0 Å². The number of likely N-dealkylation sites (N-methyl/N-ethyl adjacent to an activating group) is 1. The van der Waals surface area contributed by atoms with Crippen LogP contribution in [0.4, 0.5) is 11.6 Å². The lowest BCUT2D eigenvalue weighted by atomic mass is 10.3. The molecule has 0 amide bonds. The second-order valence-electron chi connectivity index (χ2n) is 5.21. The molecule has 1 rings (SSSR count). The number of rotatable bonds is 10. The topological polar surface area (TPSA) is 53.5 Å². The Morgan fingerprint density at radius 2 is 1.90 bits per heavy atom. The van der Waals surface area contributed by atoms with Gasteiger partial charge in [-0.1, -0.05) is 6.92 Å². The molecule has 0 aromatic carbocycles. The van der Waals surface area contributed by atoms with E-state index in [9.17, 15) is 0 Å². The van der Waals surface area contributed by atoms with Crippen LogP contribution in [0.3, 0.4) is 0 Å². The predicted octanol–water partition coefficient (Wildman–Crippen LogP) is 1.83. The lowest BCUT2D eigenvalue weighted by Gasteiger charge is -2.25. The third kappa shape index (κ3) is 6.27. The quantitative estimate of drug-likeness (QED) is 0.711. The fourth-order valence-corrected chi connectivity index (χ4v) is 1.96. The Labute approximate surface area is 128 Å². The van der Waals surface area contributed by atoms with Crippen LogP contribution in [0.25, 0.3) is 0 Å². The van der Waals surface area contributed by atoms with Gasteiger partial charge in [-0.3, -0.25) is 0 Å². The van der Waals surface area contributed by atoms with Crippen LogP contribution in [-0.2, 0) is 11.3 Å². The molecule has 0 aliphatic heterocycles. The van der Waals surface area contributed by atoms with Gasteiger partial charge in [0.05, 0.1) is 0 Å². The maximum absolute atomic E-state index is 5.43. The highest BCUT2D eigenvalue weighted by molar-refractivity contribution is 5.49. The highest BCUT2D eigenvalue weighted by Crippen LogP contribution is 2.16. The molecule has 0 aliphatic rings. The molecule has 1 N–H and O–H groups in total. The Hall–Kier alpha value is -1.40. The van der Waals surface area contributed by atoms with Gasteiger partial charge in [-0.15, -0.1) is 0 Å². The molecule has 6 nitrogen and oxygen atoms in total. The van der Waals surface area contributed by atoms with Gasteiger partial charge in [-0.2, -0.15) is 0 Å². The molecule has 0 saturated heterocycles. The van der Waals surface area contributed by atoms with Crippen molar-refractivity contribution in [2.75, 3.05) is 57.6 Å². The van der Waals surface area contributed by atoms with Gasteiger partial charge in [0.15, 0.2) is 5.82 Å². The highest BCUT2D eigenvalue weighted by Gasteiger charge is 2.11. The SMILES string of the molecule is CCCN(CCN(C)C)c1cc(NC)nc(COCC)n1. The summed E-state index contributed by atoms with van der Waals surface area (Å²) in [5, 5.41) is 3.10. The van der Waals surface area contributed by atoms with E-state index in [1.807, 2.05) is 20.0 Å². The molecular weight excluding hydrogens is 266 g/mol. The maximum atomic E-state index is 5.43. The molecule has 0 radical (unpaired) electrons. The lowest BCUT2D eigenvalue weighted by molar-refractivity contribution is 0.128. The van der Waals surface area contributed by atoms with Crippen LogP contribution in [-0.4, -0.2) is 62.3 Å². The van der Waals surface area contributed by atoms with Gasteiger partial charge < -0.3 is 19.9 Å². The monoisotopic (exact) mass is 295 g/mol. The van der Waals surface area contributed by atoms with Gasteiger partial charge in [-0.05, 0) is 27.4 Å². The number of anilines is 2. The van der Waals surface area contributed by atoms with Crippen LogP contribution in [0.1, 0.15) is 26.1 Å². The molecule has 120 valence electrons. The molecule has 6 heteroatoms. The van der Waals surface area contributed by atoms with E-state index in [1.54, 1.807) is 0 Å². The normalized spacial score (nSPS) is 11.0. The predicted molar refractivity (Wildman–Crippen MR) is 88.0 cm³/mol. The number of nitrogens with zero attached hydrogens (tertiary/aromatic N) is 4. The van der Waals surface area contributed by atoms with Crippen molar-refractivity contribution in [3.05, 3.63) is 11.9 Å². The summed E-state index contributed by atoms with van der Waals surface area (Å²) in [6, 6.07) is 2.00. The van der Waals surface area contributed by atoms with Crippen LogP contribution < -0.4 is 10.2 Å². The molecule has 0 unspecified atom stereocenters. The third-order valence-electron chi connectivity index (χ3n) is 3.09. The molecule has 1 aromatic heterocycles. The second kappa shape index (κ2) is 9.52. The average Bonchev–Trinajstić information content (AvgIpc) is 2.48. The van der Waals surface area contributed by atoms with Gasteiger partial charge >= 0.3 is 0 Å². The van der Waals surface area contributed by atoms with Crippen LogP contribution >= 0.6 is 0 Å². The number of ether oxygens (including phenoxy) is 1. The summed E-state index contributed by atoms with van der Waals surface area (Å²) in [5.41, 5.74) is 0. The summed E-state index contributed by atoms with van der Waals surface area (Å²) >= 11 is 0. The molecule has 0 aliphatic carbocycles. The minimum atomic E-state index is 0.451. The largest absolute Gasteiger partial charge is 0.374 e. The summed E-state index contributed by atoms with van der Waals surface area (Å²) in [4.78, 5) is 13.6. The van der Waals surface area contributed by atoms with Crippen molar-refractivity contribution in [3.63, 3.8) is 0 Å². The van der Waals surface area contributed by atoms with Gasteiger partial charge in [0.25, 0.3) is 0 Å². The van der Waals surface area contributed by atoms with Crippen LogP contribution in [0.2, 0.25) is 0 Å². The number of nitrogens with one attached hydrogen (secondary N) is 1. The van der Waals surface area contributed by atoms with Gasteiger partial charge in [0.2, 0.25) is 0 Å². The zero-order valence-electron chi connectivity index (χ0n) is 14.0. The van der Waals surface area contributed by atoms with Crippen molar-refractivity contribution >= 4 is 11.6 Å². The van der Waals surface area contributed by atoms with Crippen LogP contribution in [0.5, 0.6) is 0 Å². The minimum Gasteiger partial charge on any atom is -0.374 e. The summed E-state index contributed by atoms with van der Waals surface area (Å²) in [6.07, 6.45) is 1.09. The maximum Gasteiger partial charge on any atom is 0.158 e. The van der Waals surface area contributed by atoms with Crippen molar-refractivity contribution < 1.29 is 4.74 Å². The number of hydrogen-bond donors (Lipinski definition) is 1. The fourth-order valence-electron chi connectivity index (χ4n) is 1.96. The Morgan fingerprint density at radius 1 is 1.14 bits per heavy atom. The van der Waals surface area contributed by atoms with E-state index in [4.69, 9.17) is 4.74 Å².